The molecule has 0 aliphatic rings. The Balaban J connectivity index is 1.88. The normalized spacial score (nSPS) is 10.2. The fourth-order valence-electron chi connectivity index (χ4n) is 1.50. The Bertz CT molecular complexity index is 624. The number of benzene rings is 1. The molecule has 6 nitrogen and oxygen atoms in total. The average molecular weight is 239 g/mol. The van der Waals surface area contributed by atoms with E-state index in [4.69, 9.17) is 4.74 Å². The van der Waals surface area contributed by atoms with Crippen LogP contribution in [0.4, 0.5) is 0 Å². The van der Waals surface area contributed by atoms with Gasteiger partial charge in [-0.1, -0.05) is 6.07 Å². The molecule has 1 aromatic carbocycles. The standard InChI is InChI=1S/C12H9N5O/c1-3-10(17-15-9-14-16-17)7-11(4-1)18-12-5-2-6-13-8-12/h1-9H. The number of hydrogen-bond acceptors (Lipinski definition) is 5. The number of ether oxygens (including phenoxy) is 1. The summed E-state index contributed by atoms with van der Waals surface area (Å²) in [6.07, 6.45) is 4.73. The van der Waals surface area contributed by atoms with Gasteiger partial charge in [0, 0.05) is 12.3 Å². The Morgan fingerprint density at radius 2 is 2.00 bits per heavy atom. The highest BCUT2D eigenvalue weighted by Gasteiger charge is 2.02. The minimum absolute atomic E-state index is 0.682. The molecule has 0 aliphatic heterocycles. The van der Waals surface area contributed by atoms with Crippen molar-refractivity contribution in [2.24, 2.45) is 0 Å². The van der Waals surface area contributed by atoms with E-state index >= 15 is 0 Å². The Morgan fingerprint density at radius 3 is 2.78 bits per heavy atom. The van der Waals surface area contributed by atoms with E-state index in [1.807, 2.05) is 36.4 Å². The van der Waals surface area contributed by atoms with Crippen molar-refractivity contribution in [2.75, 3.05) is 0 Å². The molecule has 18 heavy (non-hydrogen) atoms. The molecular weight excluding hydrogens is 230 g/mol. The second kappa shape index (κ2) is 4.62. The summed E-state index contributed by atoms with van der Waals surface area (Å²) in [5.41, 5.74) is 0.786. The van der Waals surface area contributed by atoms with Gasteiger partial charge in [-0.05, 0) is 29.5 Å². The second-order valence-corrected chi connectivity index (χ2v) is 3.51. The van der Waals surface area contributed by atoms with Crippen LogP contribution in [0.25, 0.3) is 5.69 Å². The minimum atomic E-state index is 0.682. The summed E-state index contributed by atoms with van der Waals surface area (Å²) in [4.78, 5) is 5.41. The molecule has 0 aliphatic carbocycles. The van der Waals surface area contributed by atoms with Crippen LogP contribution in [0.3, 0.4) is 0 Å². The maximum atomic E-state index is 5.67. The third-order valence-corrected chi connectivity index (χ3v) is 2.27. The lowest BCUT2D eigenvalue weighted by atomic mass is 10.3. The van der Waals surface area contributed by atoms with Crippen LogP contribution >= 0.6 is 0 Å². The van der Waals surface area contributed by atoms with Crippen molar-refractivity contribution in [1.82, 2.24) is 25.2 Å². The van der Waals surface area contributed by atoms with Crippen LogP contribution in [0.1, 0.15) is 0 Å². The maximum absolute atomic E-state index is 5.67. The van der Waals surface area contributed by atoms with E-state index < -0.39 is 0 Å². The lowest BCUT2D eigenvalue weighted by Gasteiger charge is -2.06. The molecule has 0 spiro atoms. The number of pyridine rings is 1. The zero-order valence-electron chi connectivity index (χ0n) is 9.34. The van der Waals surface area contributed by atoms with Crippen molar-refractivity contribution in [1.29, 1.82) is 0 Å². The number of aromatic nitrogens is 5. The number of hydrogen-bond donors (Lipinski definition) is 0. The van der Waals surface area contributed by atoms with Crippen molar-refractivity contribution in [3.63, 3.8) is 0 Å². The van der Waals surface area contributed by atoms with Gasteiger partial charge >= 0.3 is 0 Å². The first kappa shape index (κ1) is 10.4. The summed E-state index contributed by atoms with van der Waals surface area (Å²) in [5, 5.41) is 11.4. The molecule has 6 heteroatoms. The molecule has 2 heterocycles. The number of rotatable bonds is 3. The van der Waals surface area contributed by atoms with Gasteiger partial charge in [0.15, 0.2) is 6.33 Å². The Hall–Kier alpha value is -2.76. The molecule has 0 saturated heterocycles. The van der Waals surface area contributed by atoms with Gasteiger partial charge in [-0.25, -0.2) is 0 Å². The van der Waals surface area contributed by atoms with Crippen LogP contribution in [-0.2, 0) is 0 Å². The quantitative estimate of drug-likeness (QED) is 0.697. The minimum Gasteiger partial charge on any atom is -0.456 e. The molecule has 0 fully saturated rings. The number of tetrazole rings is 1. The zero-order valence-corrected chi connectivity index (χ0v) is 9.34. The largest absolute Gasteiger partial charge is 0.456 e. The van der Waals surface area contributed by atoms with Crippen molar-refractivity contribution >= 4 is 0 Å². The van der Waals surface area contributed by atoms with Crippen molar-refractivity contribution in [2.45, 2.75) is 0 Å². The van der Waals surface area contributed by atoms with Crippen LogP contribution < -0.4 is 4.74 Å². The maximum Gasteiger partial charge on any atom is 0.162 e. The molecule has 0 bridgehead atoms. The smallest absolute Gasteiger partial charge is 0.162 e. The van der Waals surface area contributed by atoms with Gasteiger partial charge in [0.25, 0.3) is 0 Å². The van der Waals surface area contributed by atoms with E-state index in [-0.39, 0.29) is 0 Å². The molecule has 0 N–H and O–H groups in total. The highest BCUT2D eigenvalue weighted by molar-refractivity contribution is 5.39. The first-order chi connectivity index (χ1) is 8.92. The van der Waals surface area contributed by atoms with Crippen LogP contribution in [0, 0.1) is 0 Å². The molecular formula is C12H9N5O. The van der Waals surface area contributed by atoms with E-state index in [1.165, 1.54) is 11.1 Å². The van der Waals surface area contributed by atoms with Gasteiger partial charge in [0.2, 0.25) is 0 Å². The van der Waals surface area contributed by atoms with E-state index in [0.717, 1.165) is 5.69 Å². The SMILES string of the molecule is c1cncc(Oc2cccc(-n3ncnn3)c2)c1. The van der Waals surface area contributed by atoms with Gasteiger partial charge in [-0.3, -0.25) is 4.98 Å². The topological polar surface area (TPSA) is 65.7 Å². The number of nitrogens with zero attached hydrogens (tertiary/aromatic N) is 5. The van der Waals surface area contributed by atoms with Gasteiger partial charge in [-0.2, -0.15) is 0 Å². The van der Waals surface area contributed by atoms with E-state index in [9.17, 15) is 0 Å². The summed E-state index contributed by atoms with van der Waals surface area (Å²) >= 11 is 0. The summed E-state index contributed by atoms with van der Waals surface area (Å²) in [6, 6.07) is 11.1. The lowest BCUT2D eigenvalue weighted by Crippen LogP contribution is -1.98. The van der Waals surface area contributed by atoms with Crippen molar-refractivity contribution in [3.05, 3.63) is 55.1 Å². The first-order valence-corrected chi connectivity index (χ1v) is 5.33. The van der Waals surface area contributed by atoms with Gasteiger partial charge < -0.3 is 4.74 Å². The molecule has 3 rings (SSSR count). The van der Waals surface area contributed by atoms with Crippen molar-refractivity contribution < 1.29 is 4.74 Å². The fourth-order valence-corrected chi connectivity index (χ4v) is 1.50. The molecule has 88 valence electrons. The highest BCUT2D eigenvalue weighted by Crippen LogP contribution is 2.21. The van der Waals surface area contributed by atoms with Crippen LogP contribution in [0.2, 0.25) is 0 Å². The molecule has 3 aromatic rings. The van der Waals surface area contributed by atoms with E-state index in [0.29, 0.717) is 11.5 Å². The van der Waals surface area contributed by atoms with Crippen LogP contribution in [0.15, 0.2) is 55.1 Å². The molecule has 0 saturated carbocycles. The third kappa shape index (κ3) is 2.17. The summed E-state index contributed by atoms with van der Waals surface area (Å²) < 4.78 is 5.67. The molecule has 0 amide bonds. The average Bonchev–Trinajstić information content (AvgIpc) is 2.94. The highest BCUT2D eigenvalue weighted by atomic mass is 16.5. The fraction of sp³-hybridized carbons (Fsp3) is 0. The molecule has 0 radical (unpaired) electrons. The third-order valence-electron chi connectivity index (χ3n) is 2.27. The lowest BCUT2D eigenvalue weighted by molar-refractivity contribution is 0.479. The molecule has 2 aromatic heterocycles. The summed E-state index contributed by atoms with van der Waals surface area (Å²) in [6.45, 7) is 0. The Labute approximate surface area is 103 Å². The summed E-state index contributed by atoms with van der Waals surface area (Å²) in [5.74, 6) is 1.37. The summed E-state index contributed by atoms with van der Waals surface area (Å²) in [7, 11) is 0. The zero-order chi connectivity index (χ0) is 12.2. The molecule has 0 unspecified atom stereocenters. The van der Waals surface area contributed by atoms with Gasteiger partial charge in [0.1, 0.15) is 11.5 Å². The van der Waals surface area contributed by atoms with Crippen LogP contribution in [0.5, 0.6) is 11.5 Å². The first-order valence-electron chi connectivity index (χ1n) is 5.33. The van der Waals surface area contributed by atoms with Gasteiger partial charge in [0.05, 0.1) is 11.9 Å². The van der Waals surface area contributed by atoms with Crippen LogP contribution in [-0.4, -0.2) is 25.2 Å². The predicted molar refractivity (Wildman–Crippen MR) is 63.5 cm³/mol. The molecule has 0 atom stereocenters. The monoisotopic (exact) mass is 239 g/mol. The van der Waals surface area contributed by atoms with E-state index in [2.05, 4.69) is 20.4 Å². The Morgan fingerprint density at radius 1 is 1.06 bits per heavy atom. The predicted octanol–water partition coefficient (Wildman–Crippen LogP) is 1.85. The Kier molecular flexibility index (Phi) is 2.67. The second-order valence-electron chi connectivity index (χ2n) is 3.51. The van der Waals surface area contributed by atoms with E-state index in [1.54, 1.807) is 12.4 Å². The van der Waals surface area contributed by atoms with Crippen molar-refractivity contribution in [3.8, 4) is 17.2 Å². The van der Waals surface area contributed by atoms with Gasteiger partial charge in [-0.15, -0.1) is 15.0 Å².